The summed E-state index contributed by atoms with van der Waals surface area (Å²) in [5.74, 6) is -0.283. The fourth-order valence-corrected chi connectivity index (χ4v) is 3.95. The average Bonchev–Trinajstić information content (AvgIpc) is 2.86. The summed E-state index contributed by atoms with van der Waals surface area (Å²) in [6, 6.07) is 26.9. The number of ether oxygens (including phenoxy) is 1. The Morgan fingerprint density at radius 3 is 2.60 bits per heavy atom. The third-order valence-corrected chi connectivity index (χ3v) is 5.74. The summed E-state index contributed by atoms with van der Waals surface area (Å²) in [6.07, 6.45) is 1.40. The molecule has 4 rings (SSSR count). The lowest BCUT2D eigenvalue weighted by Crippen LogP contribution is -2.14. The van der Waals surface area contributed by atoms with E-state index in [-0.39, 0.29) is 23.6 Å². The van der Waals surface area contributed by atoms with Gasteiger partial charge in [-0.05, 0) is 46.7 Å². The van der Waals surface area contributed by atoms with E-state index >= 15 is 0 Å². The van der Waals surface area contributed by atoms with E-state index in [2.05, 4.69) is 21.2 Å². The lowest BCUT2D eigenvalue weighted by atomic mass is 10.1. The van der Waals surface area contributed by atoms with Crippen molar-refractivity contribution in [2.24, 2.45) is 0 Å². The van der Waals surface area contributed by atoms with Crippen molar-refractivity contribution >= 4 is 50.1 Å². The van der Waals surface area contributed by atoms with E-state index in [1.54, 1.807) is 24.3 Å². The van der Waals surface area contributed by atoms with Gasteiger partial charge >= 0.3 is 0 Å². The standard InChI is InChI=1S/C27H18BrN3O4/c28-22-12-13-26(35-17-19-8-5-7-18-6-1-2-9-23(18)19)20(15-22)14-21(16-29)27(32)30-24-10-3-4-11-25(24)31(33)34/h1-15H,17H2,(H,30,32). The summed E-state index contributed by atoms with van der Waals surface area (Å²) in [4.78, 5) is 23.4. The molecule has 0 bridgehead atoms. The molecule has 0 aliphatic heterocycles. The average molecular weight is 528 g/mol. The van der Waals surface area contributed by atoms with Gasteiger partial charge in [0.2, 0.25) is 0 Å². The van der Waals surface area contributed by atoms with Gasteiger partial charge in [0.15, 0.2) is 0 Å². The quantitative estimate of drug-likeness (QED) is 0.125. The van der Waals surface area contributed by atoms with Crippen molar-refractivity contribution in [3.63, 3.8) is 0 Å². The van der Waals surface area contributed by atoms with Crippen LogP contribution in [0.25, 0.3) is 16.8 Å². The van der Waals surface area contributed by atoms with Crippen LogP contribution in [0.3, 0.4) is 0 Å². The Morgan fingerprint density at radius 1 is 1.06 bits per heavy atom. The van der Waals surface area contributed by atoms with Gasteiger partial charge in [0.25, 0.3) is 11.6 Å². The van der Waals surface area contributed by atoms with E-state index in [1.165, 1.54) is 24.3 Å². The molecule has 1 N–H and O–H groups in total. The topological polar surface area (TPSA) is 105 Å². The maximum absolute atomic E-state index is 12.8. The third kappa shape index (κ3) is 5.54. The molecule has 8 heteroatoms. The first-order valence-electron chi connectivity index (χ1n) is 10.5. The highest BCUT2D eigenvalue weighted by Crippen LogP contribution is 2.29. The number of carbonyl (C=O) groups is 1. The van der Waals surface area contributed by atoms with Crippen LogP contribution in [-0.2, 0) is 11.4 Å². The van der Waals surface area contributed by atoms with Crippen molar-refractivity contribution in [1.82, 2.24) is 0 Å². The summed E-state index contributed by atoms with van der Waals surface area (Å²) >= 11 is 3.41. The van der Waals surface area contributed by atoms with Gasteiger partial charge in [0.05, 0.1) is 4.92 Å². The van der Waals surface area contributed by atoms with Gasteiger partial charge in [-0.3, -0.25) is 14.9 Å². The van der Waals surface area contributed by atoms with Gasteiger partial charge in [-0.2, -0.15) is 5.26 Å². The van der Waals surface area contributed by atoms with Crippen molar-refractivity contribution in [2.45, 2.75) is 6.61 Å². The molecular formula is C27H18BrN3O4. The number of hydrogen-bond acceptors (Lipinski definition) is 5. The van der Waals surface area contributed by atoms with Crippen molar-refractivity contribution in [1.29, 1.82) is 5.26 Å². The molecule has 0 unspecified atom stereocenters. The van der Waals surface area contributed by atoms with Gasteiger partial charge in [0, 0.05) is 16.1 Å². The van der Waals surface area contributed by atoms with Crippen LogP contribution in [-0.4, -0.2) is 10.8 Å². The lowest BCUT2D eigenvalue weighted by Gasteiger charge is -2.12. The van der Waals surface area contributed by atoms with Crippen LogP contribution in [0.4, 0.5) is 11.4 Å². The van der Waals surface area contributed by atoms with Crippen LogP contribution in [0.15, 0.2) is 95.0 Å². The number of nitriles is 1. The number of nitro benzene ring substituents is 1. The van der Waals surface area contributed by atoms with Crippen LogP contribution >= 0.6 is 15.9 Å². The number of fused-ring (bicyclic) bond motifs is 1. The van der Waals surface area contributed by atoms with E-state index in [1.807, 2.05) is 48.5 Å². The van der Waals surface area contributed by atoms with E-state index in [4.69, 9.17) is 4.74 Å². The summed E-state index contributed by atoms with van der Waals surface area (Å²) in [5.41, 5.74) is 1.02. The molecule has 0 saturated heterocycles. The van der Waals surface area contributed by atoms with E-state index in [0.29, 0.717) is 11.3 Å². The minimum Gasteiger partial charge on any atom is -0.488 e. The first-order valence-corrected chi connectivity index (χ1v) is 11.3. The molecule has 0 saturated carbocycles. The van der Waals surface area contributed by atoms with Gasteiger partial charge in [-0.15, -0.1) is 0 Å². The molecule has 0 aromatic heterocycles. The highest BCUT2D eigenvalue weighted by Gasteiger charge is 2.18. The Labute approximate surface area is 209 Å². The van der Waals surface area contributed by atoms with Crippen molar-refractivity contribution < 1.29 is 14.5 Å². The van der Waals surface area contributed by atoms with Crippen molar-refractivity contribution in [3.05, 3.63) is 116 Å². The Bertz CT molecular complexity index is 1500. The number of halogens is 1. The van der Waals surface area contributed by atoms with Crippen molar-refractivity contribution in [2.75, 3.05) is 5.32 Å². The highest BCUT2D eigenvalue weighted by atomic mass is 79.9. The number of amides is 1. The predicted molar refractivity (Wildman–Crippen MR) is 138 cm³/mol. The molecule has 4 aromatic rings. The largest absolute Gasteiger partial charge is 0.488 e. The molecule has 0 heterocycles. The van der Waals surface area contributed by atoms with E-state index in [9.17, 15) is 20.2 Å². The van der Waals surface area contributed by atoms with Gasteiger partial charge in [-0.25, -0.2) is 0 Å². The maximum atomic E-state index is 12.8. The number of rotatable bonds is 7. The Kier molecular flexibility index (Phi) is 7.19. The van der Waals surface area contributed by atoms with Crippen LogP contribution in [0, 0.1) is 21.4 Å². The smallest absolute Gasteiger partial charge is 0.292 e. The normalized spacial score (nSPS) is 11.0. The number of nitrogens with one attached hydrogen (secondary N) is 1. The second-order valence-electron chi connectivity index (χ2n) is 7.51. The molecule has 4 aromatic carbocycles. The minimum atomic E-state index is -0.762. The number of hydrogen-bond donors (Lipinski definition) is 1. The Balaban J connectivity index is 1.61. The van der Waals surface area contributed by atoms with Crippen LogP contribution in [0.2, 0.25) is 0 Å². The number of carbonyl (C=O) groups excluding carboxylic acids is 1. The molecule has 35 heavy (non-hydrogen) atoms. The summed E-state index contributed by atoms with van der Waals surface area (Å²) < 4.78 is 6.82. The number of benzene rings is 4. The Morgan fingerprint density at radius 2 is 1.80 bits per heavy atom. The molecule has 7 nitrogen and oxygen atoms in total. The maximum Gasteiger partial charge on any atom is 0.292 e. The van der Waals surface area contributed by atoms with Crippen molar-refractivity contribution in [3.8, 4) is 11.8 Å². The predicted octanol–water partition coefficient (Wildman–Crippen LogP) is 6.64. The summed E-state index contributed by atoms with van der Waals surface area (Å²) in [5, 5.41) is 25.5. The molecular weight excluding hydrogens is 510 g/mol. The van der Waals surface area contributed by atoms with Crippen LogP contribution in [0.1, 0.15) is 11.1 Å². The SMILES string of the molecule is N#CC(=Cc1cc(Br)ccc1OCc1cccc2ccccc12)C(=O)Nc1ccccc1[N+](=O)[O-]. The molecule has 0 aliphatic carbocycles. The molecule has 0 atom stereocenters. The second-order valence-corrected chi connectivity index (χ2v) is 8.42. The monoisotopic (exact) mass is 527 g/mol. The number of para-hydroxylation sites is 2. The lowest BCUT2D eigenvalue weighted by molar-refractivity contribution is -0.383. The van der Waals surface area contributed by atoms with E-state index < -0.39 is 10.8 Å². The minimum absolute atomic E-state index is 0.00493. The Hall–Kier alpha value is -4.48. The number of anilines is 1. The fourth-order valence-electron chi connectivity index (χ4n) is 3.57. The molecule has 0 aliphatic rings. The molecule has 0 radical (unpaired) electrons. The molecule has 172 valence electrons. The summed E-state index contributed by atoms with van der Waals surface area (Å²) in [6.45, 7) is 0.286. The molecule has 0 spiro atoms. The zero-order valence-corrected chi connectivity index (χ0v) is 19.9. The first kappa shape index (κ1) is 23.7. The van der Waals surface area contributed by atoms with Gasteiger partial charge in [0.1, 0.15) is 29.7 Å². The zero-order chi connectivity index (χ0) is 24.8. The second kappa shape index (κ2) is 10.6. The number of nitrogens with zero attached hydrogens (tertiary/aromatic N) is 2. The van der Waals surface area contributed by atoms with Crippen LogP contribution in [0.5, 0.6) is 5.75 Å². The van der Waals surface area contributed by atoms with Gasteiger partial charge < -0.3 is 10.1 Å². The third-order valence-electron chi connectivity index (χ3n) is 5.25. The highest BCUT2D eigenvalue weighted by molar-refractivity contribution is 9.10. The summed E-state index contributed by atoms with van der Waals surface area (Å²) in [7, 11) is 0. The van der Waals surface area contributed by atoms with E-state index in [0.717, 1.165) is 20.8 Å². The first-order chi connectivity index (χ1) is 17.0. The zero-order valence-electron chi connectivity index (χ0n) is 18.3. The molecule has 1 amide bonds. The fraction of sp³-hybridized carbons (Fsp3) is 0.0370. The van der Waals surface area contributed by atoms with Crippen LogP contribution < -0.4 is 10.1 Å². The number of nitro groups is 1. The molecule has 0 fully saturated rings. The van der Waals surface area contributed by atoms with Gasteiger partial charge in [-0.1, -0.05) is 70.5 Å².